The van der Waals surface area contributed by atoms with Crippen molar-refractivity contribution in [3.8, 4) is 11.5 Å². The number of rotatable bonds is 7. The molecular formula is C23H24F2N2O4. The maximum absolute atomic E-state index is 12.7. The summed E-state index contributed by atoms with van der Waals surface area (Å²) in [6.07, 6.45) is 4.85. The fraction of sp³-hybridized carbons (Fsp3) is 0.304. The lowest BCUT2D eigenvalue weighted by atomic mass is 10.1. The summed E-state index contributed by atoms with van der Waals surface area (Å²) in [4.78, 5) is 26.9. The molecule has 0 radical (unpaired) electrons. The van der Waals surface area contributed by atoms with Crippen LogP contribution >= 0.6 is 0 Å². The number of methoxy groups -OCH3 is 1. The number of amides is 2. The van der Waals surface area contributed by atoms with Crippen molar-refractivity contribution in [3.05, 3.63) is 59.2 Å². The first-order valence-corrected chi connectivity index (χ1v) is 9.90. The molecule has 1 N–H and O–H groups in total. The zero-order chi connectivity index (χ0) is 22.4. The van der Waals surface area contributed by atoms with Gasteiger partial charge in [-0.25, -0.2) is 0 Å². The summed E-state index contributed by atoms with van der Waals surface area (Å²) in [5.41, 5.74) is 2.40. The van der Waals surface area contributed by atoms with E-state index in [0.717, 1.165) is 25.9 Å². The van der Waals surface area contributed by atoms with E-state index in [1.807, 2.05) is 4.90 Å². The van der Waals surface area contributed by atoms with E-state index >= 15 is 0 Å². The molecule has 2 aromatic rings. The first-order chi connectivity index (χ1) is 14.9. The number of carbonyl (C=O) groups excluding carboxylic acids is 2. The zero-order valence-corrected chi connectivity index (χ0v) is 17.4. The van der Waals surface area contributed by atoms with Crippen LogP contribution in [-0.4, -0.2) is 43.5 Å². The Morgan fingerprint density at radius 2 is 1.87 bits per heavy atom. The predicted octanol–water partition coefficient (Wildman–Crippen LogP) is 4.49. The lowest BCUT2D eigenvalue weighted by Gasteiger charge is -2.18. The Morgan fingerprint density at radius 1 is 1.13 bits per heavy atom. The Balaban J connectivity index is 1.70. The molecule has 8 heteroatoms. The van der Waals surface area contributed by atoms with Crippen LogP contribution in [0.4, 0.5) is 14.5 Å². The Kier molecular flexibility index (Phi) is 7.23. The number of nitrogens with zero attached hydrogens (tertiary/aromatic N) is 1. The van der Waals surface area contributed by atoms with Crippen LogP contribution in [0, 0.1) is 6.92 Å². The average Bonchev–Trinajstić information content (AvgIpc) is 3.28. The molecule has 1 aliphatic rings. The smallest absolute Gasteiger partial charge is 0.387 e. The van der Waals surface area contributed by atoms with E-state index < -0.39 is 6.61 Å². The molecule has 164 valence electrons. The zero-order valence-electron chi connectivity index (χ0n) is 17.4. The number of carbonyl (C=O) groups is 2. The second-order valence-electron chi connectivity index (χ2n) is 7.09. The molecule has 2 aromatic carbocycles. The summed E-state index contributed by atoms with van der Waals surface area (Å²) < 4.78 is 34.3. The first kappa shape index (κ1) is 22.3. The fourth-order valence-corrected chi connectivity index (χ4v) is 3.42. The van der Waals surface area contributed by atoms with Crippen molar-refractivity contribution in [3.63, 3.8) is 0 Å². The minimum absolute atomic E-state index is 0.0279. The number of alkyl halides is 2. The molecule has 1 fully saturated rings. The summed E-state index contributed by atoms with van der Waals surface area (Å²) in [6.45, 7) is 0.344. The summed E-state index contributed by atoms with van der Waals surface area (Å²) in [7, 11) is 1.34. The summed E-state index contributed by atoms with van der Waals surface area (Å²) in [5.74, 6) is -0.373. The van der Waals surface area contributed by atoms with Gasteiger partial charge >= 0.3 is 6.61 Å². The minimum atomic E-state index is -2.96. The van der Waals surface area contributed by atoms with Gasteiger partial charge in [-0.3, -0.25) is 9.59 Å². The van der Waals surface area contributed by atoms with Crippen molar-refractivity contribution < 1.29 is 27.8 Å². The van der Waals surface area contributed by atoms with Gasteiger partial charge in [0.2, 0.25) is 5.91 Å². The average molecular weight is 430 g/mol. The largest absolute Gasteiger partial charge is 0.493 e. The van der Waals surface area contributed by atoms with E-state index in [0.29, 0.717) is 22.4 Å². The van der Waals surface area contributed by atoms with Gasteiger partial charge in [0, 0.05) is 30.4 Å². The number of likely N-dealkylation sites (tertiary alicyclic amines) is 1. The van der Waals surface area contributed by atoms with Crippen LogP contribution in [0.25, 0.3) is 6.08 Å². The summed E-state index contributed by atoms with van der Waals surface area (Å²) in [5, 5.41) is 2.78. The van der Waals surface area contributed by atoms with Crippen LogP contribution in [0.15, 0.2) is 42.5 Å². The van der Waals surface area contributed by atoms with Crippen molar-refractivity contribution in [2.24, 2.45) is 0 Å². The number of halogens is 2. The Hall–Kier alpha value is -3.42. The topological polar surface area (TPSA) is 67.9 Å². The maximum Gasteiger partial charge on any atom is 0.387 e. The highest BCUT2D eigenvalue weighted by atomic mass is 19.3. The maximum atomic E-state index is 12.7. The first-order valence-electron chi connectivity index (χ1n) is 9.90. The van der Waals surface area contributed by atoms with E-state index in [1.165, 1.54) is 37.5 Å². The molecule has 3 rings (SSSR count). The lowest BCUT2D eigenvalue weighted by molar-refractivity contribution is -0.111. The number of benzene rings is 2. The van der Waals surface area contributed by atoms with Gasteiger partial charge in [0.1, 0.15) is 0 Å². The van der Waals surface area contributed by atoms with Gasteiger partial charge in [-0.05, 0) is 61.2 Å². The van der Waals surface area contributed by atoms with Crippen LogP contribution in [0.3, 0.4) is 0 Å². The van der Waals surface area contributed by atoms with Gasteiger partial charge in [0.05, 0.1) is 7.11 Å². The summed E-state index contributed by atoms with van der Waals surface area (Å²) >= 11 is 0. The van der Waals surface area contributed by atoms with E-state index in [4.69, 9.17) is 4.74 Å². The molecule has 0 spiro atoms. The van der Waals surface area contributed by atoms with Crippen LogP contribution in [0.1, 0.15) is 34.3 Å². The molecule has 1 saturated heterocycles. The highest BCUT2D eigenvalue weighted by Crippen LogP contribution is 2.30. The van der Waals surface area contributed by atoms with Crippen LogP contribution in [0.2, 0.25) is 0 Å². The third kappa shape index (κ3) is 5.59. The molecule has 0 bridgehead atoms. The summed E-state index contributed by atoms with van der Waals surface area (Å²) in [6, 6.07) is 9.60. The van der Waals surface area contributed by atoms with Crippen LogP contribution in [0.5, 0.6) is 11.5 Å². The normalized spacial score (nSPS) is 13.6. The Morgan fingerprint density at radius 3 is 2.55 bits per heavy atom. The molecule has 0 aromatic heterocycles. The lowest BCUT2D eigenvalue weighted by Crippen LogP contribution is -2.28. The van der Waals surface area contributed by atoms with Crippen LogP contribution in [-0.2, 0) is 4.79 Å². The van der Waals surface area contributed by atoms with Crippen LogP contribution < -0.4 is 14.8 Å². The van der Waals surface area contributed by atoms with Gasteiger partial charge in [0.15, 0.2) is 11.5 Å². The number of anilines is 1. The third-order valence-corrected chi connectivity index (χ3v) is 5.05. The standard InChI is InChI=1S/C23H24F2N2O4/c1-15-17(22(29)27-12-3-4-13-27)6-5-7-18(15)26-21(28)11-9-16-8-10-19(31-23(24)25)20(14-16)30-2/h5-11,14,23H,3-4,12-13H2,1-2H3,(H,26,28)/b11-9+. The SMILES string of the molecule is COc1cc(/C=C/C(=O)Nc2cccc(C(=O)N3CCCC3)c2C)ccc1OC(F)F. The van der Waals surface area contributed by atoms with E-state index in [-0.39, 0.29) is 23.3 Å². The van der Waals surface area contributed by atoms with Gasteiger partial charge in [-0.1, -0.05) is 12.1 Å². The molecule has 1 aliphatic heterocycles. The van der Waals surface area contributed by atoms with E-state index in [9.17, 15) is 18.4 Å². The molecular weight excluding hydrogens is 406 g/mol. The number of hydrogen-bond donors (Lipinski definition) is 1. The van der Waals surface area contributed by atoms with E-state index in [1.54, 1.807) is 25.1 Å². The van der Waals surface area contributed by atoms with Gasteiger partial charge < -0.3 is 19.7 Å². The fourth-order valence-electron chi connectivity index (χ4n) is 3.42. The second-order valence-corrected chi connectivity index (χ2v) is 7.09. The highest BCUT2D eigenvalue weighted by molar-refractivity contribution is 6.04. The molecule has 0 saturated carbocycles. The van der Waals surface area contributed by atoms with E-state index in [2.05, 4.69) is 10.1 Å². The predicted molar refractivity (Wildman–Crippen MR) is 114 cm³/mol. The minimum Gasteiger partial charge on any atom is -0.493 e. The van der Waals surface area contributed by atoms with Crippen molar-refractivity contribution in [2.75, 3.05) is 25.5 Å². The Labute approximate surface area is 179 Å². The second kappa shape index (κ2) is 10.1. The third-order valence-electron chi connectivity index (χ3n) is 5.05. The molecule has 31 heavy (non-hydrogen) atoms. The molecule has 0 atom stereocenters. The quantitative estimate of drug-likeness (QED) is 0.657. The van der Waals surface area contributed by atoms with Crippen molar-refractivity contribution in [2.45, 2.75) is 26.4 Å². The number of hydrogen-bond acceptors (Lipinski definition) is 4. The number of ether oxygens (including phenoxy) is 2. The highest BCUT2D eigenvalue weighted by Gasteiger charge is 2.21. The number of nitrogens with one attached hydrogen (secondary N) is 1. The van der Waals surface area contributed by atoms with Gasteiger partial charge in [-0.15, -0.1) is 0 Å². The van der Waals surface area contributed by atoms with Crippen molar-refractivity contribution in [1.29, 1.82) is 0 Å². The molecule has 1 heterocycles. The molecule has 0 aliphatic carbocycles. The van der Waals surface area contributed by atoms with Crippen molar-refractivity contribution >= 4 is 23.6 Å². The molecule has 0 unspecified atom stereocenters. The van der Waals surface area contributed by atoms with Gasteiger partial charge in [-0.2, -0.15) is 8.78 Å². The monoisotopic (exact) mass is 430 g/mol. The van der Waals surface area contributed by atoms with Gasteiger partial charge in [0.25, 0.3) is 5.91 Å². The molecule has 2 amide bonds. The van der Waals surface area contributed by atoms with Crippen molar-refractivity contribution in [1.82, 2.24) is 4.90 Å². The Bertz CT molecular complexity index is 986. The molecule has 6 nitrogen and oxygen atoms in total.